The number of thiazole rings is 1. The number of hydrogen-bond acceptors (Lipinski definition) is 6. The average molecular weight is 316 g/mol. The largest absolute Gasteiger partial charge is 0.493 e. The third-order valence-electron chi connectivity index (χ3n) is 3.02. The number of carbonyl (C=O) groups excluding carboxylic acids is 1. The lowest BCUT2D eigenvalue weighted by Gasteiger charge is -2.11. The lowest BCUT2D eigenvalue weighted by Crippen LogP contribution is -2.11. The second-order valence-corrected chi connectivity index (χ2v) is 5.44. The normalized spacial score (nSPS) is 11.5. The van der Waals surface area contributed by atoms with Crippen LogP contribution in [0.3, 0.4) is 0 Å². The molecule has 0 aliphatic heterocycles. The maximum absolute atomic E-state index is 12.6. The van der Waals surface area contributed by atoms with Crippen LogP contribution in [-0.4, -0.2) is 24.5 Å². The Morgan fingerprint density at radius 1 is 1.45 bits per heavy atom. The molecule has 0 bridgehead atoms. The standard InChI is InChI=1S/C16H16N2O3S/c1-4-21-13-6-5-11(7-14(13)20-3)15(19)12(8-17)16-18-10(2)9-22-16/h5-7,9,12H,4H2,1-3H3. The van der Waals surface area contributed by atoms with Gasteiger partial charge >= 0.3 is 0 Å². The fourth-order valence-electron chi connectivity index (χ4n) is 1.99. The fraction of sp³-hybridized carbons (Fsp3) is 0.312. The number of aryl methyl sites for hydroxylation is 1. The number of benzene rings is 1. The fourth-order valence-corrected chi connectivity index (χ4v) is 2.83. The van der Waals surface area contributed by atoms with E-state index in [0.717, 1.165) is 5.69 Å². The summed E-state index contributed by atoms with van der Waals surface area (Å²) in [4.78, 5) is 16.8. The topological polar surface area (TPSA) is 72.2 Å². The molecule has 0 saturated carbocycles. The summed E-state index contributed by atoms with van der Waals surface area (Å²) in [6.07, 6.45) is 0. The lowest BCUT2D eigenvalue weighted by atomic mass is 9.99. The molecule has 1 aromatic carbocycles. The van der Waals surface area contributed by atoms with Crippen LogP contribution < -0.4 is 9.47 Å². The molecule has 0 N–H and O–H groups in total. The Morgan fingerprint density at radius 2 is 2.23 bits per heavy atom. The van der Waals surface area contributed by atoms with E-state index in [1.165, 1.54) is 18.4 Å². The van der Waals surface area contributed by atoms with E-state index in [1.807, 2.05) is 25.3 Å². The molecule has 2 aromatic rings. The Bertz CT molecular complexity index is 718. The summed E-state index contributed by atoms with van der Waals surface area (Å²) in [5, 5.41) is 11.7. The van der Waals surface area contributed by atoms with Gasteiger partial charge in [-0.2, -0.15) is 5.26 Å². The van der Waals surface area contributed by atoms with E-state index in [4.69, 9.17) is 9.47 Å². The first-order chi connectivity index (χ1) is 10.6. The van der Waals surface area contributed by atoms with Crippen molar-refractivity contribution in [2.45, 2.75) is 19.8 Å². The minimum absolute atomic E-state index is 0.293. The van der Waals surface area contributed by atoms with Gasteiger partial charge in [0.25, 0.3) is 0 Å². The highest BCUT2D eigenvalue weighted by Gasteiger charge is 2.25. The maximum atomic E-state index is 12.6. The second-order valence-electron chi connectivity index (χ2n) is 4.55. The van der Waals surface area contributed by atoms with E-state index < -0.39 is 5.92 Å². The van der Waals surface area contributed by atoms with E-state index >= 15 is 0 Å². The summed E-state index contributed by atoms with van der Waals surface area (Å²) in [6, 6.07) is 6.95. The molecule has 2 rings (SSSR count). The van der Waals surface area contributed by atoms with Crippen LogP contribution >= 0.6 is 11.3 Å². The number of nitrogens with zero attached hydrogens (tertiary/aromatic N) is 2. The molecule has 0 fully saturated rings. The molecule has 0 spiro atoms. The van der Waals surface area contributed by atoms with Crippen molar-refractivity contribution < 1.29 is 14.3 Å². The first kappa shape index (κ1) is 16.0. The monoisotopic (exact) mass is 316 g/mol. The number of Topliss-reactive ketones (excluding diaryl/α,β-unsaturated/α-hetero) is 1. The van der Waals surface area contributed by atoms with E-state index in [0.29, 0.717) is 28.7 Å². The summed E-state index contributed by atoms with van der Waals surface area (Å²) >= 11 is 1.32. The molecule has 114 valence electrons. The Kier molecular flexibility index (Phi) is 5.12. The molecule has 1 unspecified atom stereocenters. The van der Waals surface area contributed by atoms with E-state index in [9.17, 15) is 10.1 Å². The molecule has 0 amide bonds. The quantitative estimate of drug-likeness (QED) is 0.764. The Labute approximate surface area is 133 Å². The highest BCUT2D eigenvalue weighted by Crippen LogP contribution is 2.31. The third kappa shape index (κ3) is 3.26. The molecule has 5 nitrogen and oxygen atoms in total. The van der Waals surface area contributed by atoms with Crippen molar-refractivity contribution in [3.05, 3.63) is 39.8 Å². The number of rotatable bonds is 6. The molecular weight excluding hydrogens is 300 g/mol. The zero-order chi connectivity index (χ0) is 16.1. The van der Waals surface area contributed by atoms with Crippen molar-refractivity contribution in [2.75, 3.05) is 13.7 Å². The molecule has 22 heavy (non-hydrogen) atoms. The molecule has 1 atom stereocenters. The van der Waals surface area contributed by atoms with Gasteiger partial charge in [0.1, 0.15) is 5.01 Å². The summed E-state index contributed by atoms with van der Waals surface area (Å²) in [6.45, 7) is 4.21. The van der Waals surface area contributed by atoms with Gasteiger partial charge in [-0.25, -0.2) is 4.98 Å². The third-order valence-corrected chi connectivity index (χ3v) is 4.05. The minimum Gasteiger partial charge on any atom is -0.493 e. The van der Waals surface area contributed by atoms with Crippen molar-refractivity contribution in [3.8, 4) is 17.6 Å². The summed E-state index contributed by atoms with van der Waals surface area (Å²) in [7, 11) is 1.51. The van der Waals surface area contributed by atoms with Gasteiger partial charge in [-0.3, -0.25) is 4.79 Å². The first-order valence-corrected chi connectivity index (χ1v) is 7.65. The molecule has 1 heterocycles. The van der Waals surface area contributed by atoms with Crippen LogP contribution in [0.5, 0.6) is 11.5 Å². The van der Waals surface area contributed by atoms with Crippen LogP contribution in [-0.2, 0) is 0 Å². The van der Waals surface area contributed by atoms with E-state index in [1.54, 1.807) is 18.2 Å². The molecule has 0 aliphatic rings. The van der Waals surface area contributed by atoms with Gasteiger partial charge in [-0.15, -0.1) is 11.3 Å². The second kappa shape index (κ2) is 7.05. The van der Waals surface area contributed by atoms with Crippen molar-refractivity contribution in [3.63, 3.8) is 0 Å². The van der Waals surface area contributed by atoms with Gasteiger partial charge in [0.05, 0.1) is 19.8 Å². The van der Waals surface area contributed by atoms with Gasteiger partial charge in [-0.1, -0.05) is 0 Å². The molecular formula is C16H16N2O3S. The van der Waals surface area contributed by atoms with Crippen LogP contribution in [0.25, 0.3) is 0 Å². The number of hydrogen-bond donors (Lipinski definition) is 0. The summed E-state index contributed by atoms with van der Waals surface area (Å²) in [5.41, 5.74) is 1.21. The van der Waals surface area contributed by atoms with Crippen LogP contribution in [0.2, 0.25) is 0 Å². The van der Waals surface area contributed by atoms with Crippen LogP contribution in [0.15, 0.2) is 23.6 Å². The number of carbonyl (C=O) groups is 1. The molecule has 0 aliphatic carbocycles. The van der Waals surface area contributed by atoms with Gasteiger partial charge in [0, 0.05) is 16.6 Å². The predicted molar refractivity (Wildman–Crippen MR) is 83.7 cm³/mol. The van der Waals surface area contributed by atoms with Crippen molar-refractivity contribution in [2.24, 2.45) is 0 Å². The van der Waals surface area contributed by atoms with Crippen LogP contribution in [0.1, 0.15) is 33.9 Å². The Hall–Kier alpha value is -2.39. The van der Waals surface area contributed by atoms with Gasteiger partial charge in [0.2, 0.25) is 0 Å². The molecule has 0 saturated heterocycles. The maximum Gasteiger partial charge on any atom is 0.187 e. The Balaban J connectivity index is 2.34. The number of aromatic nitrogens is 1. The van der Waals surface area contributed by atoms with Gasteiger partial charge in [0.15, 0.2) is 23.2 Å². The lowest BCUT2D eigenvalue weighted by molar-refractivity contribution is 0.0978. The zero-order valence-corrected chi connectivity index (χ0v) is 13.4. The number of methoxy groups -OCH3 is 1. The van der Waals surface area contributed by atoms with Crippen LogP contribution in [0.4, 0.5) is 0 Å². The van der Waals surface area contributed by atoms with E-state index in [2.05, 4.69) is 4.98 Å². The number of ether oxygens (including phenoxy) is 2. The predicted octanol–water partition coefficient (Wildman–Crippen LogP) is 3.35. The van der Waals surface area contributed by atoms with Crippen molar-refractivity contribution in [1.29, 1.82) is 5.26 Å². The highest BCUT2D eigenvalue weighted by molar-refractivity contribution is 7.10. The molecule has 0 radical (unpaired) electrons. The smallest absolute Gasteiger partial charge is 0.187 e. The van der Waals surface area contributed by atoms with Crippen LogP contribution in [0, 0.1) is 18.3 Å². The van der Waals surface area contributed by atoms with Crippen molar-refractivity contribution >= 4 is 17.1 Å². The average Bonchev–Trinajstić information content (AvgIpc) is 2.94. The van der Waals surface area contributed by atoms with E-state index in [-0.39, 0.29) is 5.78 Å². The highest BCUT2D eigenvalue weighted by atomic mass is 32.1. The first-order valence-electron chi connectivity index (χ1n) is 6.77. The number of ketones is 1. The minimum atomic E-state index is -0.902. The SMILES string of the molecule is CCOc1ccc(C(=O)C(C#N)c2nc(C)cs2)cc1OC. The Morgan fingerprint density at radius 3 is 2.77 bits per heavy atom. The van der Waals surface area contributed by atoms with Crippen molar-refractivity contribution in [1.82, 2.24) is 4.98 Å². The van der Waals surface area contributed by atoms with Gasteiger partial charge in [-0.05, 0) is 32.0 Å². The molecule has 1 aromatic heterocycles. The zero-order valence-electron chi connectivity index (χ0n) is 12.6. The summed E-state index contributed by atoms with van der Waals surface area (Å²) < 4.78 is 10.7. The van der Waals surface area contributed by atoms with Gasteiger partial charge < -0.3 is 9.47 Å². The summed E-state index contributed by atoms with van der Waals surface area (Å²) in [5.74, 6) is -0.153. The number of nitriles is 1. The molecule has 6 heteroatoms.